The lowest BCUT2D eigenvalue weighted by Crippen LogP contribution is -2.07. The minimum Gasteiger partial charge on any atom is -0.494 e. The number of aromatic nitrogens is 2. The molecule has 0 saturated carbocycles. The summed E-state index contributed by atoms with van der Waals surface area (Å²) in [5.74, 6) is 0.782. The molecule has 1 N–H and O–H groups in total. The Morgan fingerprint density at radius 2 is 2.20 bits per heavy atom. The second-order valence-corrected chi connectivity index (χ2v) is 5.49. The predicted molar refractivity (Wildman–Crippen MR) is 81.9 cm³/mol. The van der Waals surface area contributed by atoms with Crippen molar-refractivity contribution in [1.82, 2.24) is 9.78 Å². The number of halogens is 1. The fourth-order valence-corrected chi connectivity index (χ4v) is 2.68. The Balaban J connectivity index is 2.19. The molecule has 108 valence electrons. The highest BCUT2D eigenvalue weighted by Crippen LogP contribution is 2.27. The molecule has 5 heteroatoms. The quantitative estimate of drug-likeness (QED) is 0.910. The van der Waals surface area contributed by atoms with E-state index in [1.54, 1.807) is 4.68 Å². The molecule has 0 saturated heterocycles. The molecule has 0 spiro atoms. The van der Waals surface area contributed by atoms with E-state index >= 15 is 0 Å². The van der Waals surface area contributed by atoms with Crippen LogP contribution in [0.25, 0.3) is 0 Å². The maximum atomic E-state index is 10.4. The van der Waals surface area contributed by atoms with Crippen molar-refractivity contribution in [2.75, 3.05) is 6.61 Å². The first-order valence-corrected chi connectivity index (χ1v) is 7.41. The molecular formula is C15H19BrN2O2. The first kappa shape index (κ1) is 15.1. The molecule has 20 heavy (non-hydrogen) atoms. The summed E-state index contributed by atoms with van der Waals surface area (Å²) < 4.78 is 8.22. The number of aryl methyl sites for hydroxylation is 2. The van der Waals surface area contributed by atoms with Crippen molar-refractivity contribution < 1.29 is 9.84 Å². The van der Waals surface area contributed by atoms with Crippen molar-refractivity contribution in [3.05, 3.63) is 45.7 Å². The van der Waals surface area contributed by atoms with Gasteiger partial charge in [0.05, 0.1) is 28.6 Å². The highest BCUT2D eigenvalue weighted by Gasteiger charge is 2.16. The maximum Gasteiger partial charge on any atom is 0.119 e. The minimum absolute atomic E-state index is 0.507. The summed E-state index contributed by atoms with van der Waals surface area (Å²) in [6.45, 7) is 4.50. The lowest BCUT2D eigenvalue weighted by Gasteiger charge is -2.13. The number of hydrogen-bond donors (Lipinski definition) is 1. The number of hydrogen-bond acceptors (Lipinski definition) is 3. The zero-order valence-corrected chi connectivity index (χ0v) is 13.5. The van der Waals surface area contributed by atoms with Gasteiger partial charge in [-0.15, -0.1) is 0 Å². The summed E-state index contributed by atoms with van der Waals surface area (Å²) in [6.07, 6.45) is -0.0745. The average molecular weight is 339 g/mol. The summed E-state index contributed by atoms with van der Waals surface area (Å²) in [7, 11) is 1.89. The molecule has 0 radical (unpaired) electrons. The second kappa shape index (κ2) is 6.41. The van der Waals surface area contributed by atoms with E-state index in [0.29, 0.717) is 13.0 Å². The monoisotopic (exact) mass is 338 g/mol. The Hall–Kier alpha value is -1.33. The molecule has 0 amide bonds. The number of benzene rings is 1. The maximum absolute atomic E-state index is 10.4. The molecule has 1 unspecified atom stereocenters. The van der Waals surface area contributed by atoms with Crippen LogP contribution in [0, 0.1) is 6.92 Å². The van der Waals surface area contributed by atoms with E-state index in [2.05, 4.69) is 21.0 Å². The van der Waals surface area contributed by atoms with Crippen molar-refractivity contribution in [3.8, 4) is 5.75 Å². The molecule has 0 aliphatic rings. The van der Waals surface area contributed by atoms with Gasteiger partial charge in [-0.3, -0.25) is 4.68 Å². The fourth-order valence-electron chi connectivity index (χ4n) is 2.18. The average Bonchev–Trinajstić information content (AvgIpc) is 2.66. The molecule has 1 aromatic carbocycles. The Kier molecular flexibility index (Phi) is 4.83. The number of aliphatic hydroxyl groups excluding tert-OH is 1. The van der Waals surface area contributed by atoms with Gasteiger partial charge in [0, 0.05) is 13.5 Å². The van der Waals surface area contributed by atoms with Crippen LogP contribution in [0.1, 0.15) is 30.0 Å². The van der Waals surface area contributed by atoms with Gasteiger partial charge in [0.1, 0.15) is 5.75 Å². The van der Waals surface area contributed by atoms with E-state index in [-0.39, 0.29) is 0 Å². The van der Waals surface area contributed by atoms with E-state index in [1.165, 1.54) is 0 Å². The number of nitrogens with zero attached hydrogens (tertiary/aromatic N) is 2. The Morgan fingerprint density at radius 1 is 1.45 bits per heavy atom. The summed E-state index contributed by atoms with van der Waals surface area (Å²) in [5.41, 5.74) is 2.76. The Labute approximate surface area is 127 Å². The second-order valence-electron chi connectivity index (χ2n) is 4.70. The smallest absolute Gasteiger partial charge is 0.119 e. The van der Waals surface area contributed by atoms with Crippen LogP contribution in [-0.4, -0.2) is 21.5 Å². The zero-order valence-electron chi connectivity index (χ0n) is 11.9. The van der Waals surface area contributed by atoms with E-state index in [0.717, 1.165) is 27.2 Å². The minimum atomic E-state index is -0.582. The van der Waals surface area contributed by atoms with Gasteiger partial charge in [-0.1, -0.05) is 12.1 Å². The van der Waals surface area contributed by atoms with E-state index in [4.69, 9.17) is 4.74 Å². The lowest BCUT2D eigenvalue weighted by molar-refractivity contribution is 0.175. The van der Waals surface area contributed by atoms with Gasteiger partial charge in [-0.2, -0.15) is 5.10 Å². The third kappa shape index (κ3) is 3.22. The molecule has 1 atom stereocenters. The van der Waals surface area contributed by atoms with Gasteiger partial charge in [-0.05, 0) is 47.5 Å². The third-order valence-electron chi connectivity index (χ3n) is 3.20. The lowest BCUT2D eigenvalue weighted by atomic mass is 10.0. The summed E-state index contributed by atoms with van der Waals surface area (Å²) in [4.78, 5) is 0. The Morgan fingerprint density at radius 3 is 2.80 bits per heavy atom. The topological polar surface area (TPSA) is 47.3 Å². The number of ether oxygens (including phenoxy) is 1. The zero-order chi connectivity index (χ0) is 14.7. The molecule has 1 aromatic heterocycles. The van der Waals surface area contributed by atoms with Gasteiger partial charge in [0.25, 0.3) is 0 Å². The Bertz CT molecular complexity index is 596. The number of aliphatic hydroxyl groups is 1. The SMILES string of the molecule is CCOc1cccc(C(O)Cc2c(Br)c(C)nn2C)c1. The standard InChI is InChI=1S/C15H19BrN2O2/c1-4-20-12-7-5-6-11(8-12)14(19)9-13-15(16)10(2)17-18(13)3/h5-8,14,19H,4,9H2,1-3H3. The van der Waals surface area contributed by atoms with Crippen LogP contribution < -0.4 is 4.74 Å². The van der Waals surface area contributed by atoms with Gasteiger partial charge in [-0.25, -0.2) is 0 Å². The van der Waals surface area contributed by atoms with Crippen LogP contribution in [0.4, 0.5) is 0 Å². The predicted octanol–water partition coefficient (Wildman–Crippen LogP) is 3.17. The molecule has 4 nitrogen and oxygen atoms in total. The van der Waals surface area contributed by atoms with E-state index in [9.17, 15) is 5.11 Å². The largest absolute Gasteiger partial charge is 0.494 e. The van der Waals surface area contributed by atoms with Crippen LogP contribution in [0.3, 0.4) is 0 Å². The molecule has 0 aliphatic carbocycles. The molecule has 2 aromatic rings. The van der Waals surface area contributed by atoms with Crippen LogP contribution >= 0.6 is 15.9 Å². The van der Waals surface area contributed by atoms with Gasteiger partial charge in [0.15, 0.2) is 0 Å². The first-order chi connectivity index (χ1) is 9.52. The molecule has 2 rings (SSSR count). The van der Waals surface area contributed by atoms with Crippen LogP contribution in [0.2, 0.25) is 0 Å². The van der Waals surface area contributed by atoms with Crippen molar-refractivity contribution in [1.29, 1.82) is 0 Å². The molecular weight excluding hydrogens is 320 g/mol. The van der Waals surface area contributed by atoms with Crippen LogP contribution in [-0.2, 0) is 13.5 Å². The fraction of sp³-hybridized carbons (Fsp3) is 0.400. The first-order valence-electron chi connectivity index (χ1n) is 6.61. The van der Waals surface area contributed by atoms with Crippen molar-refractivity contribution in [2.45, 2.75) is 26.4 Å². The molecule has 1 heterocycles. The number of rotatable bonds is 5. The normalized spacial score (nSPS) is 12.4. The van der Waals surface area contributed by atoms with E-state index in [1.807, 2.05) is 45.2 Å². The van der Waals surface area contributed by atoms with Crippen LogP contribution in [0.15, 0.2) is 28.7 Å². The van der Waals surface area contributed by atoms with Gasteiger partial charge >= 0.3 is 0 Å². The van der Waals surface area contributed by atoms with Gasteiger partial charge in [0.2, 0.25) is 0 Å². The molecule has 0 fully saturated rings. The summed E-state index contributed by atoms with van der Waals surface area (Å²) >= 11 is 3.52. The van der Waals surface area contributed by atoms with Crippen LogP contribution in [0.5, 0.6) is 5.75 Å². The van der Waals surface area contributed by atoms with Crippen molar-refractivity contribution in [2.24, 2.45) is 7.05 Å². The highest BCUT2D eigenvalue weighted by molar-refractivity contribution is 9.10. The van der Waals surface area contributed by atoms with Crippen molar-refractivity contribution >= 4 is 15.9 Å². The third-order valence-corrected chi connectivity index (χ3v) is 4.23. The summed E-state index contributed by atoms with van der Waals surface area (Å²) in [5, 5.41) is 14.7. The summed E-state index contributed by atoms with van der Waals surface area (Å²) in [6, 6.07) is 7.58. The van der Waals surface area contributed by atoms with E-state index < -0.39 is 6.10 Å². The van der Waals surface area contributed by atoms with Crippen molar-refractivity contribution in [3.63, 3.8) is 0 Å². The highest BCUT2D eigenvalue weighted by atomic mass is 79.9. The van der Waals surface area contributed by atoms with Gasteiger partial charge < -0.3 is 9.84 Å². The molecule has 0 aliphatic heterocycles. The molecule has 0 bridgehead atoms.